The zero-order valence-electron chi connectivity index (χ0n) is 11.7. The second kappa shape index (κ2) is 5.13. The normalized spacial score (nSPS) is 11.7. The first-order valence-electron chi connectivity index (χ1n) is 6.48. The van der Waals surface area contributed by atoms with E-state index < -0.39 is 5.54 Å². The van der Waals surface area contributed by atoms with Crippen molar-refractivity contribution >= 4 is 44.4 Å². The predicted molar refractivity (Wildman–Crippen MR) is 88.8 cm³/mol. The van der Waals surface area contributed by atoms with Crippen LogP contribution in [0, 0.1) is 0 Å². The summed E-state index contributed by atoms with van der Waals surface area (Å²) in [5.74, 6) is -0.158. The van der Waals surface area contributed by atoms with E-state index in [1.165, 1.54) is 22.7 Å². The quantitative estimate of drug-likeness (QED) is 0.775. The minimum absolute atomic E-state index is 0.158. The third kappa shape index (κ3) is 2.52. The average molecular weight is 317 g/mol. The van der Waals surface area contributed by atoms with Gasteiger partial charge in [0.1, 0.15) is 9.88 Å². The molecule has 2 aromatic heterocycles. The lowest BCUT2D eigenvalue weighted by atomic mass is 10.1. The number of nitrogen functional groups attached to an aromatic ring is 1. The van der Waals surface area contributed by atoms with E-state index in [0.717, 1.165) is 15.1 Å². The standard InChI is InChI=1S/C15H15N3OS2/c1-15(2,14-17-7-8-20-14)18-13(19)12-11(16)9-5-3-4-6-10(9)21-12/h3-8H,16H2,1-2H3,(H,18,19). The number of rotatable bonds is 3. The monoisotopic (exact) mass is 317 g/mol. The van der Waals surface area contributed by atoms with Crippen molar-refractivity contribution in [1.29, 1.82) is 0 Å². The maximum Gasteiger partial charge on any atom is 0.264 e. The van der Waals surface area contributed by atoms with Gasteiger partial charge in [-0.1, -0.05) is 18.2 Å². The molecule has 0 bridgehead atoms. The van der Waals surface area contributed by atoms with Crippen molar-refractivity contribution in [3.05, 3.63) is 45.7 Å². The van der Waals surface area contributed by atoms with Gasteiger partial charge in [0, 0.05) is 21.7 Å². The fraction of sp³-hybridized carbons (Fsp3) is 0.200. The number of thiazole rings is 1. The van der Waals surface area contributed by atoms with Crippen LogP contribution in [0.25, 0.3) is 10.1 Å². The van der Waals surface area contributed by atoms with Crippen LogP contribution in [0.3, 0.4) is 0 Å². The number of aromatic nitrogens is 1. The second-order valence-corrected chi connectivity index (χ2v) is 7.20. The third-order valence-electron chi connectivity index (χ3n) is 3.23. The zero-order chi connectivity index (χ0) is 15.0. The highest BCUT2D eigenvalue weighted by Gasteiger charge is 2.27. The van der Waals surface area contributed by atoms with E-state index >= 15 is 0 Å². The van der Waals surface area contributed by atoms with Crippen molar-refractivity contribution in [3.63, 3.8) is 0 Å². The summed E-state index contributed by atoms with van der Waals surface area (Å²) in [6.07, 6.45) is 1.74. The van der Waals surface area contributed by atoms with Gasteiger partial charge in [-0.25, -0.2) is 4.98 Å². The lowest BCUT2D eigenvalue weighted by Gasteiger charge is -2.23. The third-order valence-corrected chi connectivity index (χ3v) is 5.52. The topological polar surface area (TPSA) is 68.0 Å². The number of fused-ring (bicyclic) bond motifs is 1. The van der Waals surface area contributed by atoms with Crippen molar-refractivity contribution in [2.75, 3.05) is 5.73 Å². The number of amides is 1. The van der Waals surface area contributed by atoms with E-state index in [2.05, 4.69) is 10.3 Å². The van der Waals surface area contributed by atoms with E-state index in [0.29, 0.717) is 10.6 Å². The van der Waals surface area contributed by atoms with Crippen LogP contribution in [0.5, 0.6) is 0 Å². The molecule has 0 atom stereocenters. The highest BCUT2D eigenvalue weighted by atomic mass is 32.1. The van der Waals surface area contributed by atoms with Crippen LogP contribution in [0.4, 0.5) is 5.69 Å². The maximum atomic E-state index is 12.5. The predicted octanol–water partition coefficient (Wildman–Crippen LogP) is 3.61. The van der Waals surface area contributed by atoms with Crippen LogP contribution in [-0.4, -0.2) is 10.9 Å². The Bertz CT molecular complexity index is 790. The van der Waals surface area contributed by atoms with Crippen molar-refractivity contribution in [1.82, 2.24) is 10.3 Å². The van der Waals surface area contributed by atoms with Gasteiger partial charge in [0.15, 0.2) is 0 Å². The van der Waals surface area contributed by atoms with E-state index in [1.54, 1.807) is 6.20 Å². The van der Waals surface area contributed by atoms with E-state index in [1.807, 2.05) is 43.5 Å². The summed E-state index contributed by atoms with van der Waals surface area (Å²) in [6, 6.07) is 7.77. The summed E-state index contributed by atoms with van der Waals surface area (Å²) in [5, 5.41) is 6.72. The van der Waals surface area contributed by atoms with E-state index in [9.17, 15) is 4.79 Å². The Hall–Kier alpha value is -1.92. The van der Waals surface area contributed by atoms with Gasteiger partial charge in [-0.15, -0.1) is 22.7 Å². The molecule has 0 saturated carbocycles. The van der Waals surface area contributed by atoms with Gasteiger partial charge in [-0.3, -0.25) is 4.79 Å². The Morgan fingerprint density at radius 3 is 2.76 bits per heavy atom. The maximum absolute atomic E-state index is 12.5. The molecule has 0 spiro atoms. The van der Waals surface area contributed by atoms with Crippen molar-refractivity contribution in [2.24, 2.45) is 0 Å². The summed E-state index contributed by atoms with van der Waals surface area (Å²) in [7, 11) is 0. The molecule has 3 N–H and O–H groups in total. The number of carbonyl (C=O) groups is 1. The van der Waals surface area contributed by atoms with E-state index in [-0.39, 0.29) is 5.91 Å². The van der Waals surface area contributed by atoms with E-state index in [4.69, 9.17) is 5.73 Å². The Morgan fingerprint density at radius 1 is 1.33 bits per heavy atom. The smallest absolute Gasteiger partial charge is 0.264 e. The van der Waals surface area contributed by atoms with Gasteiger partial charge in [0.25, 0.3) is 5.91 Å². The molecular formula is C15H15N3OS2. The number of hydrogen-bond donors (Lipinski definition) is 2. The lowest BCUT2D eigenvalue weighted by Crippen LogP contribution is -2.40. The van der Waals surface area contributed by atoms with Gasteiger partial charge in [-0.2, -0.15) is 0 Å². The molecule has 0 aliphatic carbocycles. The molecule has 2 heterocycles. The first kappa shape index (κ1) is 14.0. The summed E-state index contributed by atoms with van der Waals surface area (Å²) >= 11 is 2.94. The number of anilines is 1. The highest BCUT2D eigenvalue weighted by Crippen LogP contribution is 2.34. The fourth-order valence-electron chi connectivity index (χ4n) is 2.16. The summed E-state index contributed by atoms with van der Waals surface area (Å²) in [6.45, 7) is 3.88. The largest absolute Gasteiger partial charge is 0.397 e. The Morgan fingerprint density at radius 2 is 2.10 bits per heavy atom. The van der Waals surface area contributed by atoms with Gasteiger partial charge in [0.2, 0.25) is 0 Å². The molecule has 1 amide bonds. The molecule has 0 fully saturated rings. The van der Waals surface area contributed by atoms with Crippen LogP contribution in [-0.2, 0) is 5.54 Å². The number of nitrogens with zero attached hydrogens (tertiary/aromatic N) is 1. The minimum atomic E-state index is -0.520. The van der Waals surface area contributed by atoms with Gasteiger partial charge >= 0.3 is 0 Å². The Labute approximate surface area is 130 Å². The zero-order valence-corrected chi connectivity index (χ0v) is 13.3. The number of carbonyl (C=O) groups excluding carboxylic acids is 1. The number of nitrogens with two attached hydrogens (primary N) is 1. The summed E-state index contributed by atoms with van der Waals surface area (Å²) in [4.78, 5) is 17.4. The highest BCUT2D eigenvalue weighted by molar-refractivity contribution is 7.21. The first-order chi connectivity index (χ1) is 9.99. The first-order valence-corrected chi connectivity index (χ1v) is 8.18. The molecule has 0 aliphatic heterocycles. The SMILES string of the molecule is CC(C)(NC(=O)c1sc2ccccc2c1N)c1nccs1. The molecule has 3 aromatic rings. The fourth-order valence-corrected chi connectivity index (χ4v) is 3.90. The number of thiophene rings is 1. The molecule has 3 rings (SSSR count). The van der Waals surface area contributed by atoms with Gasteiger partial charge < -0.3 is 11.1 Å². The van der Waals surface area contributed by atoms with Crippen molar-refractivity contribution in [2.45, 2.75) is 19.4 Å². The molecule has 4 nitrogen and oxygen atoms in total. The van der Waals surface area contributed by atoms with Crippen LogP contribution >= 0.6 is 22.7 Å². The summed E-state index contributed by atoms with van der Waals surface area (Å²) < 4.78 is 1.02. The number of nitrogens with one attached hydrogen (secondary N) is 1. The molecule has 21 heavy (non-hydrogen) atoms. The molecule has 108 valence electrons. The lowest BCUT2D eigenvalue weighted by molar-refractivity contribution is 0.0917. The Kier molecular flexibility index (Phi) is 3.43. The Balaban J connectivity index is 1.93. The molecule has 0 radical (unpaired) electrons. The minimum Gasteiger partial charge on any atom is -0.397 e. The molecule has 1 aromatic carbocycles. The summed E-state index contributed by atoms with van der Waals surface area (Å²) in [5.41, 5.74) is 6.14. The van der Waals surface area contributed by atoms with Gasteiger partial charge in [0.05, 0.1) is 11.2 Å². The molecule has 0 unspecified atom stereocenters. The molecule has 0 saturated heterocycles. The molecular weight excluding hydrogens is 302 g/mol. The number of benzene rings is 1. The molecule has 6 heteroatoms. The average Bonchev–Trinajstić information content (AvgIpc) is 3.07. The molecule has 0 aliphatic rings. The van der Waals surface area contributed by atoms with Gasteiger partial charge in [-0.05, 0) is 19.9 Å². The van der Waals surface area contributed by atoms with Crippen LogP contribution in [0.15, 0.2) is 35.8 Å². The second-order valence-electron chi connectivity index (χ2n) is 5.26. The van der Waals surface area contributed by atoms with Crippen LogP contribution in [0.2, 0.25) is 0 Å². The number of hydrogen-bond acceptors (Lipinski definition) is 5. The van der Waals surface area contributed by atoms with Crippen LogP contribution in [0.1, 0.15) is 28.5 Å². The van der Waals surface area contributed by atoms with Crippen molar-refractivity contribution < 1.29 is 4.79 Å². The van der Waals surface area contributed by atoms with Crippen LogP contribution < -0.4 is 11.1 Å². The van der Waals surface area contributed by atoms with Crippen molar-refractivity contribution in [3.8, 4) is 0 Å².